The van der Waals surface area contributed by atoms with Crippen LogP contribution in [0.25, 0.3) is 0 Å². The summed E-state index contributed by atoms with van der Waals surface area (Å²) in [5, 5.41) is 0. The molecule has 0 spiro atoms. The molecule has 0 amide bonds. The molecule has 1 atom stereocenters. The number of benzene rings is 2. The SMILES string of the molecule is CC1=CC(C)(C(c2cc(C)cc(C)c2)c2cc(C)cc(C)c2)C(C)=C1C. The monoisotopic (exact) mass is 344 g/mol. The van der Waals surface area contributed by atoms with E-state index in [9.17, 15) is 0 Å². The molecular formula is C26H32. The lowest BCUT2D eigenvalue weighted by Crippen LogP contribution is -2.25. The van der Waals surface area contributed by atoms with Crippen LogP contribution in [0.5, 0.6) is 0 Å². The van der Waals surface area contributed by atoms with Crippen LogP contribution in [-0.4, -0.2) is 0 Å². The molecule has 2 aromatic carbocycles. The molecule has 0 saturated carbocycles. The number of rotatable bonds is 3. The molecule has 1 aliphatic carbocycles. The molecule has 3 rings (SSSR count). The molecule has 0 saturated heterocycles. The highest BCUT2D eigenvalue weighted by Crippen LogP contribution is 2.53. The highest BCUT2D eigenvalue weighted by molar-refractivity contribution is 5.53. The lowest BCUT2D eigenvalue weighted by molar-refractivity contribution is 0.451. The van der Waals surface area contributed by atoms with Crippen molar-refractivity contribution >= 4 is 0 Å². The summed E-state index contributed by atoms with van der Waals surface area (Å²) in [6, 6.07) is 14.1. The van der Waals surface area contributed by atoms with E-state index in [4.69, 9.17) is 0 Å². The molecule has 1 aliphatic rings. The molecule has 26 heavy (non-hydrogen) atoms. The van der Waals surface area contributed by atoms with Crippen molar-refractivity contribution < 1.29 is 0 Å². The van der Waals surface area contributed by atoms with Gasteiger partial charge in [-0.25, -0.2) is 0 Å². The molecule has 0 N–H and O–H groups in total. The van der Waals surface area contributed by atoms with E-state index < -0.39 is 0 Å². The average molecular weight is 345 g/mol. The molecule has 0 nitrogen and oxygen atoms in total. The number of aryl methyl sites for hydroxylation is 4. The average Bonchev–Trinajstić information content (AvgIpc) is 2.69. The van der Waals surface area contributed by atoms with Gasteiger partial charge in [0.15, 0.2) is 0 Å². The molecule has 0 heterocycles. The van der Waals surface area contributed by atoms with Gasteiger partial charge in [-0.3, -0.25) is 0 Å². The number of allylic oxidation sites excluding steroid dienone is 4. The van der Waals surface area contributed by atoms with Gasteiger partial charge in [0, 0.05) is 11.3 Å². The summed E-state index contributed by atoms with van der Waals surface area (Å²) in [6.07, 6.45) is 2.50. The Morgan fingerprint density at radius 3 is 1.31 bits per heavy atom. The summed E-state index contributed by atoms with van der Waals surface area (Å²) in [4.78, 5) is 0. The van der Waals surface area contributed by atoms with Gasteiger partial charge in [0.05, 0.1) is 0 Å². The minimum absolute atomic E-state index is 0.00856. The highest BCUT2D eigenvalue weighted by atomic mass is 14.4. The number of hydrogen-bond donors (Lipinski definition) is 0. The minimum atomic E-state index is 0.00856. The van der Waals surface area contributed by atoms with E-state index in [1.165, 1.54) is 50.1 Å². The van der Waals surface area contributed by atoms with Crippen LogP contribution in [0.4, 0.5) is 0 Å². The normalized spacial score (nSPS) is 20.1. The third kappa shape index (κ3) is 3.18. The zero-order valence-corrected chi connectivity index (χ0v) is 17.6. The topological polar surface area (TPSA) is 0 Å². The molecule has 136 valence electrons. The first-order valence-electron chi connectivity index (χ1n) is 9.66. The molecule has 1 unspecified atom stereocenters. The Morgan fingerprint density at radius 1 is 0.615 bits per heavy atom. The molecule has 0 radical (unpaired) electrons. The lowest BCUT2D eigenvalue weighted by atomic mass is 9.66. The molecule has 0 bridgehead atoms. The Bertz CT molecular complexity index is 831. The van der Waals surface area contributed by atoms with Gasteiger partial charge in [-0.05, 0) is 65.2 Å². The van der Waals surface area contributed by atoms with Crippen LogP contribution >= 0.6 is 0 Å². The van der Waals surface area contributed by atoms with Crippen LogP contribution in [0.2, 0.25) is 0 Å². The van der Waals surface area contributed by atoms with Crippen LogP contribution in [0.3, 0.4) is 0 Å². The van der Waals surface area contributed by atoms with Crippen molar-refractivity contribution in [2.45, 2.75) is 61.3 Å². The maximum absolute atomic E-state index is 2.50. The second-order valence-corrected chi connectivity index (χ2v) is 8.64. The summed E-state index contributed by atoms with van der Waals surface area (Å²) in [5.41, 5.74) is 12.6. The summed E-state index contributed by atoms with van der Waals surface area (Å²) >= 11 is 0. The first kappa shape index (κ1) is 18.7. The van der Waals surface area contributed by atoms with Gasteiger partial charge in [-0.1, -0.05) is 82.8 Å². The van der Waals surface area contributed by atoms with E-state index in [1.54, 1.807) is 0 Å². The smallest absolute Gasteiger partial charge is 0.0216 e. The second-order valence-electron chi connectivity index (χ2n) is 8.64. The standard InChI is InChI=1S/C26H32/c1-16-9-17(2)12-23(11-16)25(24-13-18(3)10-19(4)14-24)26(8)15-20(5)21(6)22(26)7/h9-15,25H,1-8H3. The third-order valence-electron chi connectivity index (χ3n) is 6.23. The van der Waals surface area contributed by atoms with Gasteiger partial charge in [-0.15, -0.1) is 0 Å². The maximum Gasteiger partial charge on any atom is 0.0216 e. The fourth-order valence-electron chi connectivity index (χ4n) is 4.90. The quantitative estimate of drug-likeness (QED) is 0.546. The Morgan fingerprint density at radius 2 is 1.00 bits per heavy atom. The Kier molecular flexibility index (Phi) is 4.73. The minimum Gasteiger partial charge on any atom is -0.0704 e. The Hall–Kier alpha value is -2.08. The van der Waals surface area contributed by atoms with E-state index in [1.807, 2.05) is 0 Å². The summed E-state index contributed by atoms with van der Waals surface area (Å²) in [5.74, 6) is 0.326. The van der Waals surface area contributed by atoms with Crippen molar-refractivity contribution in [3.63, 3.8) is 0 Å². The Balaban J connectivity index is 2.30. The highest BCUT2D eigenvalue weighted by Gasteiger charge is 2.40. The van der Waals surface area contributed by atoms with Crippen molar-refractivity contribution in [2.24, 2.45) is 5.41 Å². The van der Waals surface area contributed by atoms with Gasteiger partial charge < -0.3 is 0 Å². The van der Waals surface area contributed by atoms with Crippen molar-refractivity contribution in [1.82, 2.24) is 0 Å². The zero-order valence-electron chi connectivity index (χ0n) is 17.6. The van der Waals surface area contributed by atoms with E-state index >= 15 is 0 Å². The first-order valence-corrected chi connectivity index (χ1v) is 9.66. The van der Waals surface area contributed by atoms with E-state index in [2.05, 4.69) is 97.9 Å². The third-order valence-corrected chi connectivity index (χ3v) is 6.23. The van der Waals surface area contributed by atoms with Crippen LogP contribution in [0.15, 0.2) is 59.2 Å². The zero-order chi connectivity index (χ0) is 19.2. The van der Waals surface area contributed by atoms with Gasteiger partial charge >= 0.3 is 0 Å². The summed E-state index contributed by atoms with van der Waals surface area (Å²) in [7, 11) is 0. The molecule has 2 aromatic rings. The predicted molar refractivity (Wildman–Crippen MR) is 114 cm³/mol. The van der Waals surface area contributed by atoms with E-state index in [-0.39, 0.29) is 5.41 Å². The first-order chi connectivity index (χ1) is 12.1. The van der Waals surface area contributed by atoms with Crippen LogP contribution in [-0.2, 0) is 0 Å². The second kappa shape index (κ2) is 6.58. The molecule has 0 fully saturated rings. The number of hydrogen-bond acceptors (Lipinski definition) is 0. The molecular weight excluding hydrogens is 312 g/mol. The van der Waals surface area contributed by atoms with Crippen molar-refractivity contribution in [3.05, 3.63) is 92.6 Å². The van der Waals surface area contributed by atoms with Crippen molar-refractivity contribution in [1.29, 1.82) is 0 Å². The maximum atomic E-state index is 2.50. The van der Waals surface area contributed by atoms with E-state index in [0.29, 0.717) is 5.92 Å². The fourth-order valence-corrected chi connectivity index (χ4v) is 4.90. The Labute approximate surface area is 159 Å². The fraction of sp³-hybridized carbons (Fsp3) is 0.385. The van der Waals surface area contributed by atoms with Gasteiger partial charge in [0.1, 0.15) is 0 Å². The summed E-state index contributed by atoms with van der Waals surface area (Å²) < 4.78 is 0. The molecule has 0 aromatic heterocycles. The molecule has 0 heteroatoms. The van der Waals surface area contributed by atoms with Gasteiger partial charge in [0.25, 0.3) is 0 Å². The van der Waals surface area contributed by atoms with Crippen molar-refractivity contribution in [3.8, 4) is 0 Å². The van der Waals surface area contributed by atoms with Crippen LogP contribution in [0, 0.1) is 33.1 Å². The summed E-state index contributed by atoms with van der Waals surface area (Å²) in [6.45, 7) is 18.1. The largest absolute Gasteiger partial charge is 0.0704 e. The lowest BCUT2D eigenvalue weighted by Gasteiger charge is -2.36. The predicted octanol–water partition coefficient (Wildman–Crippen LogP) is 7.35. The van der Waals surface area contributed by atoms with Gasteiger partial charge in [0.2, 0.25) is 0 Å². The molecule has 0 aliphatic heterocycles. The van der Waals surface area contributed by atoms with Crippen LogP contribution in [0.1, 0.15) is 67.0 Å². The van der Waals surface area contributed by atoms with E-state index in [0.717, 1.165) is 0 Å². The van der Waals surface area contributed by atoms with Crippen molar-refractivity contribution in [2.75, 3.05) is 0 Å². The van der Waals surface area contributed by atoms with Gasteiger partial charge in [-0.2, -0.15) is 0 Å². The van der Waals surface area contributed by atoms with Crippen LogP contribution < -0.4 is 0 Å².